The van der Waals surface area contributed by atoms with Crippen LogP contribution in [0.1, 0.15) is 23.7 Å². The molecule has 0 spiro atoms. The van der Waals surface area contributed by atoms with Crippen molar-refractivity contribution in [3.63, 3.8) is 0 Å². The molecule has 0 aliphatic carbocycles. The zero-order chi connectivity index (χ0) is 13.5. The van der Waals surface area contributed by atoms with Gasteiger partial charge in [0, 0.05) is 11.8 Å². The third kappa shape index (κ3) is 3.94. The van der Waals surface area contributed by atoms with Gasteiger partial charge in [-0.1, -0.05) is 22.0 Å². The average Bonchev–Trinajstić information content (AvgIpc) is 2.29. The Labute approximate surface area is 112 Å². The minimum absolute atomic E-state index is 0.0686. The molecular formula is C12H13BrF2O3. The lowest BCUT2D eigenvalue weighted by Gasteiger charge is -2.14. The predicted octanol–water partition coefficient (Wildman–Crippen LogP) is 3.65. The lowest BCUT2D eigenvalue weighted by Crippen LogP contribution is -2.10. The van der Waals surface area contributed by atoms with Crippen molar-refractivity contribution >= 4 is 21.7 Å². The number of benzene rings is 1. The minimum Gasteiger partial charge on any atom is -0.493 e. The second-order valence-corrected chi connectivity index (χ2v) is 4.10. The second kappa shape index (κ2) is 7.31. The first-order valence-corrected chi connectivity index (χ1v) is 6.52. The Kier molecular flexibility index (Phi) is 6.04. The number of alkyl halides is 3. The van der Waals surface area contributed by atoms with Crippen LogP contribution in [0.15, 0.2) is 18.2 Å². The van der Waals surface area contributed by atoms with Crippen molar-refractivity contribution in [3.8, 4) is 11.5 Å². The number of hydrogen-bond acceptors (Lipinski definition) is 3. The largest absolute Gasteiger partial charge is 0.493 e. The number of carbonyl (C=O) groups excluding carboxylic acids is 1. The SMILES string of the molecule is CCOc1cccc(OC(F)F)c1C(=O)CCBr. The van der Waals surface area contributed by atoms with Gasteiger partial charge in [0.15, 0.2) is 5.78 Å². The third-order valence-corrected chi connectivity index (χ3v) is 2.50. The zero-order valence-electron chi connectivity index (χ0n) is 9.79. The Bertz CT molecular complexity index is 410. The molecular weight excluding hydrogens is 310 g/mol. The molecule has 0 amide bonds. The number of Topliss-reactive ketones (excluding diaryl/α,β-unsaturated/α-hetero) is 1. The summed E-state index contributed by atoms with van der Waals surface area (Å²) in [5, 5.41) is 0.445. The summed E-state index contributed by atoms with van der Waals surface area (Å²) in [7, 11) is 0. The molecule has 6 heteroatoms. The molecule has 0 aliphatic rings. The molecule has 0 fully saturated rings. The van der Waals surface area contributed by atoms with Gasteiger partial charge in [0.2, 0.25) is 0 Å². The lowest BCUT2D eigenvalue weighted by atomic mass is 10.1. The van der Waals surface area contributed by atoms with E-state index >= 15 is 0 Å². The number of ether oxygens (including phenoxy) is 2. The van der Waals surface area contributed by atoms with Gasteiger partial charge in [0.05, 0.1) is 6.61 Å². The van der Waals surface area contributed by atoms with Crippen LogP contribution in [0.2, 0.25) is 0 Å². The summed E-state index contributed by atoms with van der Waals surface area (Å²) in [6.07, 6.45) is 0.184. The lowest BCUT2D eigenvalue weighted by molar-refractivity contribution is -0.0502. The van der Waals surface area contributed by atoms with E-state index in [1.807, 2.05) is 0 Å². The molecule has 100 valence electrons. The molecule has 0 N–H and O–H groups in total. The topological polar surface area (TPSA) is 35.5 Å². The maximum Gasteiger partial charge on any atom is 0.387 e. The smallest absolute Gasteiger partial charge is 0.387 e. The fourth-order valence-electron chi connectivity index (χ4n) is 1.47. The summed E-state index contributed by atoms with van der Waals surface area (Å²) >= 11 is 3.14. The molecule has 0 saturated heterocycles. The number of halogens is 3. The summed E-state index contributed by atoms with van der Waals surface area (Å²) in [6, 6.07) is 4.40. The third-order valence-electron chi connectivity index (χ3n) is 2.10. The molecule has 18 heavy (non-hydrogen) atoms. The summed E-state index contributed by atoms with van der Waals surface area (Å²) in [6.45, 7) is -0.885. The van der Waals surface area contributed by atoms with E-state index in [4.69, 9.17) is 4.74 Å². The van der Waals surface area contributed by atoms with Gasteiger partial charge in [-0.3, -0.25) is 4.79 Å². The molecule has 0 saturated carbocycles. The van der Waals surface area contributed by atoms with E-state index in [2.05, 4.69) is 20.7 Å². The highest BCUT2D eigenvalue weighted by Gasteiger charge is 2.20. The molecule has 1 rings (SSSR count). The molecule has 1 aromatic carbocycles. The van der Waals surface area contributed by atoms with Gasteiger partial charge >= 0.3 is 6.61 Å². The first kappa shape index (κ1) is 14.9. The van der Waals surface area contributed by atoms with Crippen LogP contribution in [-0.4, -0.2) is 24.3 Å². The first-order chi connectivity index (χ1) is 8.60. The molecule has 0 unspecified atom stereocenters. The van der Waals surface area contributed by atoms with E-state index in [0.29, 0.717) is 11.9 Å². The van der Waals surface area contributed by atoms with Crippen LogP contribution in [0.25, 0.3) is 0 Å². The summed E-state index contributed by atoms with van der Waals surface area (Å²) in [5.41, 5.74) is 0.0686. The van der Waals surface area contributed by atoms with Gasteiger partial charge in [0.1, 0.15) is 17.1 Å². The summed E-state index contributed by atoms with van der Waals surface area (Å²) in [4.78, 5) is 11.9. The molecule has 3 nitrogen and oxygen atoms in total. The number of carbonyl (C=O) groups is 1. The van der Waals surface area contributed by atoms with Crippen LogP contribution in [0, 0.1) is 0 Å². The standard InChI is InChI=1S/C12H13BrF2O3/c1-2-17-9-4-3-5-10(18-12(14)15)11(9)8(16)6-7-13/h3-5,12H,2,6-7H2,1H3. The fraction of sp³-hybridized carbons (Fsp3) is 0.417. The van der Waals surface area contributed by atoms with E-state index in [0.717, 1.165) is 0 Å². The monoisotopic (exact) mass is 322 g/mol. The maximum atomic E-state index is 12.3. The number of ketones is 1. The van der Waals surface area contributed by atoms with Crippen LogP contribution >= 0.6 is 15.9 Å². The van der Waals surface area contributed by atoms with Crippen LogP contribution in [0.5, 0.6) is 11.5 Å². The average molecular weight is 323 g/mol. The predicted molar refractivity (Wildman–Crippen MR) is 67.0 cm³/mol. The van der Waals surface area contributed by atoms with Gasteiger partial charge in [-0.15, -0.1) is 0 Å². The molecule has 0 aromatic heterocycles. The maximum absolute atomic E-state index is 12.3. The van der Waals surface area contributed by atoms with Crippen molar-refractivity contribution < 1.29 is 23.0 Å². The minimum atomic E-state index is -2.97. The molecule has 0 bridgehead atoms. The summed E-state index contributed by atoms with van der Waals surface area (Å²) in [5.74, 6) is -0.185. The quantitative estimate of drug-likeness (QED) is 0.567. The highest BCUT2D eigenvalue weighted by molar-refractivity contribution is 9.09. The van der Waals surface area contributed by atoms with Gasteiger partial charge in [-0.2, -0.15) is 8.78 Å². The van der Waals surface area contributed by atoms with E-state index in [9.17, 15) is 13.6 Å². The molecule has 0 radical (unpaired) electrons. The molecule has 0 aliphatic heterocycles. The fourth-order valence-corrected chi connectivity index (χ4v) is 1.83. The molecule has 0 heterocycles. The van der Waals surface area contributed by atoms with Crippen molar-refractivity contribution in [2.24, 2.45) is 0 Å². The van der Waals surface area contributed by atoms with Gasteiger partial charge < -0.3 is 9.47 Å². The van der Waals surface area contributed by atoms with Gasteiger partial charge in [0.25, 0.3) is 0 Å². The molecule has 0 atom stereocenters. The van der Waals surface area contributed by atoms with Crippen LogP contribution < -0.4 is 9.47 Å². The Morgan fingerprint density at radius 1 is 1.39 bits per heavy atom. The van der Waals surface area contributed by atoms with Crippen molar-refractivity contribution in [2.75, 3.05) is 11.9 Å². The zero-order valence-corrected chi connectivity index (χ0v) is 11.4. The van der Waals surface area contributed by atoms with Crippen LogP contribution in [0.3, 0.4) is 0 Å². The van der Waals surface area contributed by atoms with Crippen LogP contribution in [-0.2, 0) is 0 Å². The Morgan fingerprint density at radius 3 is 2.61 bits per heavy atom. The van der Waals surface area contributed by atoms with E-state index in [1.165, 1.54) is 12.1 Å². The van der Waals surface area contributed by atoms with Crippen molar-refractivity contribution in [3.05, 3.63) is 23.8 Å². The second-order valence-electron chi connectivity index (χ2n) is 3.30. The molecule has 1 aromatic rings. The van der Waals surface area contributed by atoms with E-state index in [1.54, 1.807) is 13.0 Å². The van der Waals surface area contributed by atoms with E-state index in [-0.39, 0.29) is 29.3 Å². The van der Waals surface area contributed by atoms with Crippen molar-refractivity contribution in [1.82, 2.24) is 0 Å². The highest BCUT2D eigenvalue weighted by atomic mass is 79.9. The van der Waals surface area contributed by atoms with Crippen LogP contribution in [0.4, 0.5) is 8.78 Å². The van der Waals surface area contributed by atoms with Gasteiger partial charge in [-0.25, -0.2) is 0 Å². The number of hydrogen-bond donors (Lipinski definition) is 0. The number of rotatable bonds is 7. The van der Waals surface area contributed by atoms with E-state index < -0.39 is 6.61 Å². The van der Waals surface area contributed by atoms with Crippen molar-refractivity contribution in [1.29, 1.82) is 0 Å². The summed E-state index contributed by atoms with van der Waals surface area (Å²) < 4.78 is 34.2. The highest BCUT2D eigenvalue weighted by Crippen LogP contribution is 2.31. The Balaban J connectivity index is 3.15. The van der Waals surface area contributed by atoms with Crippen molar-refractivity contribution in [2.45, 2.75) is 20.0 Å². The van der Waals surface area contributed by atoms with Gasteiger partial charge in [-0.05, 0) is 19.1 Å². The first-order valence-electron chi connectivity index (χ1n) is 5.40. The Hall–Kier alpha value is -1.17. The Morgan fingerprint density at radius 2 is 2.06 bits per heavy atom. The normalized spacial score (nSPS) is 10.5.